The van der Waals surface area contributed by atoms with Crippen LogP contribution < -0.4 is 4.90 Å². The van der Waals surface area contributed by atoms with Crippen molar-refractivity contribution >= 4 is 35.1 Å². The molecule has 0 N–H and O–H groups in total. The van der Waals surface area contributed by atoms with Crippen LogP contribution in [0.2, 0.25) is 5.02 Å². The number of hydrogen-bond donors (Lipinski definition) is 0. The minimum absolute atomic E-state index is 0.125. The largest absolute Gasteiger partial charge is 0.466 e. The second kappa shape index (κ2) is 7.76. The van der Waals surface area contributed by atoms with Crippen LogP contribution in [0, 0.1) is 12.8 Å². The predicted octanol–water partition coefficient (Wildman–Crippen LogP) is 2.56. The predicted molar refractivity (Wildman–Crippen MR) is 98.0 cm³/mol. The number of carbonyl (C=O) groups is 3. The van der Waals surface area contributed by atoms with E-state index >= 15 is 0 Å². The molecule has 7 heteroatoms. The first-order valence-electron chi connectivity index (χ1n) is 8.96. The molecule has 0 aliphatic carbocycles. The van der Waals surface area contributed by atoms with Gasteiger partial charge in [-0.15, -0.1) is 0 Å². The Kier molecular flexibility index (Phi) is 5.63. The first kappa shape index (κ1) is 18.9. The number of nitrogens with zero attached hydrogens (tertiary/aromatic N) is 2. The van der Waals surface area contributed by atoms with Gasteiger partial charge in [-0.05, 0) is 50.9 Å². The Balaban J connectivity index is 1.75. The molecule has 0 unspecified atom stereocenters. The summed E-state index contributed by atoms with van der Waals surface area (Å²) >= 11 is 6.15. The molecule has 26 heavy (non-hydrogen) atoms. The molecule has 2 fully saturated rings. The maximum absolute atomic E-state index is 12.9. The molecule has 2 aliphatic rings. The first-order valence-corrected chi connectivity index (χ1v) is 9.33. The van der Waals surface area contributed by atoms with Crippen molar-refractivity contribution < 1.29 is 19.1 Å². The van der Waals surface area contributed by atoms with Crippen molar-refractivity contribution in [1.29, 1.82) is 0 Å². The lowest BCUT2D eigenvalue weighted by Crippen LogP contribution is -2.48. The maximum atomic E-state index is 12.9. The maximum Gasteiger partial charge on any atom is 0.310 e. The molecule has 2 amide bonds. The van der Waals surface area contributed by atoms with Crippen LogP contribution in [0.1, 0.15) is 31.7 Å². The molecule has 1 aromatic carbocycles. The van der Waals surface area contributed by atoms with Gasteiger partial charge >= 0.3 is 5.97 Å². The molecule has 2 saturated heterocycles. The average molecular weight is 379 g/mol. The van der Waals surface area contributed by atoms with E-state index in [-0.39, 0.29) is 30.1 Å². The second-order valence-corrected chi connectivity index (χ2v) is 7.21. The van der Waals surface area contributed by atoms with Crippen LogP contribution in [-0.2, 0) is 19.1 Å². The number of ether oxygens (including phenoxy) is 1. The highest BCUT2D eigenvalue weighted by Gasteiger charge is 2.44. The summed E-state index contributed by atoms with van der Waals surface area (Å²) in [7, 11) is 0. The van der Waals surface area contributed by atoms with E-state index in [1.165, 1.54) is 4.90 Å². The lowest BCUT2D eigenvalue weighted by atomic mass is 9.96. The topological polar surface area (TPSA) is 66.9 Å². The van der Waals surface area contributed by atoms with Crippen molar-refractivity contribution in [2.75, 3.05) is 24.6 Å². The van der Waals surface area contributed by atoms with Gasteiger partial charge in [-0.2, -0.15) is 0 Å². The Hall–Kier alpha value is -1.92. The van der Waals surface area contributed by atoms with Crippen molar-refractivity contribution in [2.45, 2.75) is 39.2 Å². The van der Waals surface area contributed by atoms with Gasteiger partial charge in [0.15, 0.2) is 0 Å². The van der Waals surface area contributed by atoms with E-state index in [0.717, 1.165) is 18.4 Å². The molecule has 0 saturated carbocycles. The normalized spacial score (nSPS) is 24.2. The Morgan fingerprint density at radius 3 is 2.81 bits per heavy atom. The smallest absolute Gasteiger partial charge is 0.310 e. The number of piperidine rings is 1. The number of amides is 2. The molecular formula is C19H23ClN2O4. The highest BCUT2D eigenvalue weighted by Crippen LogP contribution is 2.31. The average Bonchev–Trinajstić information content (AvgIpc) is 2.92. The highest BCUT2D eigenvalue weighted by molar-refractivity contribution is 6.32. The molecule has 0 bridgehead atoms. The zero-order valence-corrected chi connectivity index (χ0v) is 15.8. The number of halogens is 1. The van der Waals surface area contributed by atoms with E-state index < -0.39 is 6.04 Å². The van der Waals surface area contributed by atoms with Gasteiger partial charge < -0.3 is 4.74 Å². The minimum Gasteiger partial charge on any atom is -0.466 e. The van der Waals surface area contributed by atoms with Crippen LogP contribution >= 0.6 is 11.6 Å². The third-order valence-electron chi connectivity index (χ3n) is 5.05. The molecule has 6 nitrogen and oxygen atoms in total. The minimum atomic E-state index is -0.528. The van der Waals surface area contributed by atoms with Crippen molar-refractivity contribution in [3.8, 4) is 0 Å². The summed E-state index contributed by atoms with van der Waals surface area (Å²) in [5, 5.41) is 0.520. The third kappa shape index (κ3) is 3.62. The van der Waals surface area contributed by atoms with Crippen LogP contribution in [0.5, 0.6) is 0 Å². The molecule has 0 radical (unpaired) electrons. The summed E-state index contributed by atoms with van der Waals surface area (Å²) in [6.45, 7) is 5.14. The molecule has 0 aromatic heterocycles. The third-order valence-corrected chi connectivity index (χ3v) is 5.46. The summed E-state index contributed by atoms with van der Waals surface area (Å²) in [4.78, 5) is 40.6. The Bertz CT molecular complexity index is 736. The number of anilines is 1. The molecule has 2 heterocycles. The fraction of sp³-hybridized carbons (Fsp3) is 0.526. The number of rotatable bonds is 4. The van der Waals surface area contributed by atoms with Crippen LogP contribution in [0.25, 0.3) is 0 Å². The van der Waals surface area contributed by atoms with Gasteiger partial charge in [0.05, 0.1) is 30.7 Å². The molecule has 0 spiro atoms. The van der Waals surface area contributed by atoms with Gasteiger partial charge in [-0.1, -0.05) is 17.7 Å². The van der Waals surface area contributed by atoms with E-state index in [9.17, 15) is 14.4 Å². The number of hydrogen-bond acceptors (Lipinski definition) is 5. The molecule has 140 valence electrons. The van der Waals surface area contributed by atoms with Gasteiger partial charge in [0, 0.05) is 11.6 Å². The lowest BCUT2D eigenvalue weighted by Gasteiger charge is -2.34. The fourth-order valence-electron chi connectivity index (χ4n) is 3.64. The quantitative estimate of drug-likeness (QED) is 0.595. The van der Waals surface area contributed by atoms with Crippen molar-refractivity contribution in [1.82, 2.24) is 4.90 Å². The van der Waals surface area contributed by atoms with Gasteiger partial charge in [-0.3, -0.25) is 19.3 Å². The van der Waals surface area contributed by atoms with Crippen molar-refractivity contribution in [2.24, 2.45) is 5.92 Å². The van der Waals surface area contributed by atoms with Crippen LogP contribution in [0.15, 0.2) is 18.2 Å². The van der Waals surface area contributed by atoms with Crippen LogP contribution in [-0.4, -0.2) is 48.4 Å². The number of aryl methyl sites for hydroxylation is 1. The monoisotopic (exact) mass is 378 g/mol. The highest BCUT2D eigenvalue weighted by atomic mass is 35.5. The van der Waals surface area contributed by atoms with Gasteiger partial charge in [0.25, 0.3) is 5.91 Å². The number of benzene rings is 1. The summed E-state index contributed by atoms with van der Waals surface area (Å²) in [6, 6.07) is 4.65. The summed E-state index contributed by atoms with van der Waals surface area (Å²) in [6.07, 6.45) is 1.68. The number of esters is 1. The summed E-state index contributed by atoms with van der Waals surface area (Å²) in [5.41, 5.74) is 1.39. The molecule has 2 atom stereocenters. The van der Waals surface area contributed by atoms with Crippen molar-refractivity contribution in [3.63, 3.8) is 0 Å². The summed E-state index contributed by atoms with van der Waals surface area (Å²) < 4.78 is 5.11. The van der Waals surface area contributed by atoms with E-state index in [4.69, 9.17) is 16.3 Å². The Morgan fingerprint density at radius 1 is 1.35 bits per heavy atom. The SMILES string of the molecule is CCOC(=O)[C@@H]1CCCN([C@H]2CC(=O)N(c3ccc(C)c(Cl)c3)C2=O)C1. The molecular weight excluding hydrogens is 356 g/mol. The van der Waals surface area contributed by atoms with Gasteiger partial charge in [-0.25, -0.2) is 4.90 Å². The number of likely N-dealkylation sites (tertiary alicyclic amines) is 1. The lowest BCUT2D eigenvalue weighted by molar-refractivity contribution is -0.150. The molecule has 3 rings (SSSR count). The van der Waals surface area contributed by atoms with Crippen molar-refractivity contribution in [3.05, 3.63) is 28.8 Å². The fourth-order valence-corrected chi connectivity index (χ4v) is 3.81. The summed E-state index contributed by atoms with van der Waals surface area (Å²) in [5.74, 6) is -0.955. The first-order chi connectivity index (χ1) is 12.4. The second-order valence-electron chi connectivity index (χ2n) is 6.81. The van der Waals surface area contributed by atoms with E-state index in [0.29, 0.717) is 30.4 Å². The van der Waals surface area contributed by atoms with Crippen LogP contribution in [0.3, 0.4) is 0 Å². The van der Waals surface area contributed by atoms with E-state index in [1.54, 1.807) is 25.1 Å². The number of carbonyl (C=O) groups excluding carboxylic acids is 3. The molecule has 1 aromatic rings. The van der Waals surface area contributed by atoms with E-state index in [2.05, 4.69) is 0 Å². The zero-order chi connectivity index (χ0) is 18.8. The van der Waals surface area contributed by atoms with Crippen LogP contribution in [0.4, 0.5) is 5.69 Å². The Morgan fingerprint density at radius 2 is 2.12 bits per heavy atom. The van der Waals surface area contributed by atoms with E-state index in [1.807, 2.05) is 11.8 Å². The zero-order valence-electron chi connectivity index (χ0n) is 15.0. The standard InChI is InChI=1S/C19H23ClN2O4/c1-3-26-19(25)13-5-4-8-21(11-13)16-10-17(23)22(18(16)24)14-7-6-12(2)15(20)9-14/h6-7,9,13,16H,3-5,8,10-11H2,1-2H3/t13-,16+/m1/s1. The van der Waals surface area contributed by atoms with Gasteiger partial charge in [0.2, 0.25) is 5.91 Å². The van der Waals surface area contributed by atoms with Gasteiger partial charge in [0.1, 0.15) is 0 Å². The number of imide groups is 1. The molecule has 2 aliphatic heterocycles. The Labute approximate surface area is 158 Å².